The second kappa shape index (κ2) is 16.1. The molecule has 0 radical (unpaired) electrons. The zero-order valence-electron chi connectivity index (χ0n) is 26.4. The number of sulfonamides is 1. The Hall–Kier alpha value is -4.15. The van der Waals surface area contributed by atoms with Gasteiger partial charge in [0.05, 0.1) is 17.2 Å². The maximum atomic E-state index is 14.6. The van der Waals surface area contributed by atoms with Crippen LogP contribution in [0.25, 0.3) is 0 Å². The van der Waals surface area contributed by atoms with E-state index in [4.69, 9.17) is 4.74 Å². The Morgan fingerprint density at radius 3 is 2.04 bits per heavy atom. The summed E-state index contributed by atoms with van der Waals surface area (Å²) in [5, 5.41) is 3.20. The van der Waals surface area contributed by atoms with Gasteiger partial charge in [-0.15, -0.1) is 0 Å². The van der Waals surface area contributed by atoms with E-state index in [1.807, 2.05) is 67.6 Å². The van der Waals surface area contributed by atoms with E-state index >= 15 is 0 Å². The topological polar surface area (TPSA) is 96.0 Å². The fraction of sp³-hybridized carbons (Fsp3) is 0.297. The standard InChI is InChI=1S/C37H40BrN3O5S/c1-2-46-33-21-19-32(20-22-33)41(47(44,45)34-23-17-30(38)18-24-34)27-36(42)40(26-29-13-7-4-8-14-29)35(25-28-11-5-3-6-12-28)37(43)39-31-15-9-10-16-31/h3-8,11-14,17-24,31,35H,2,9-10,15-16,25-27H2,1H3,(H,39,43)/t35-/m0/s1. The summed E-state index contributed by atoms with van der Waals surface area (Å²) < 4.78 is 35.9. The lowest BCUT2D eigenvalue weighted by atomic mass is 10.0. The van der Waals surface area contributed by atoms with Gasteiger partial charge in [-0.2, -0.15) is 0 Å². The molecule has 0 unspecified atom stereocenters. The lowest BCUT2D eigenvalue weighted by molar-refractivity contribution is -0.140. The summed E-state index contributed by atoms with van der Waals surface area (Å²) in [6, 6.07) is 31.1. The molecule has 1 fully saturated rings. The van der Waals surface area contributed by atoms with Crippen molar-refractivity contribution in [2.75, 3.05) is 17.5 Å². The number of hydrogen-bond acceptors (Lipinski definition) is 5. The van der Waals surface area contributed by atoms with Crippen molar-refractivity contribution in [2.24, 2.45) is 0 Å². The average molecular weight is 719 g/mol. The van der Waals surface area contributed by atoms with Crippen molar-refractivity contribution in [1.82, 2.24) is 10.2 Å². The predicted molar refractivity (Wildman–Crippen MR) is 188 cm³/mol. The SMILES string of the molecule is CCOc1ccc(N(CC(=O)N(Cc2ccccc2)[C@@H](Cc2ccccc2)C(=O)NC2CCCC2)S(=O)(=O)c2ccc(Br)cc2)cc1. The first kappa shape index (κ1) is 34.2. The summed E-state index contributed by atoms with van der Waals surface area (Å²) >= 11 is 3.37. The molecule has 2 amide bonds. The first-order chi connectivity index (χ1) is 22.7. The van der Waals surface area contributed by atoms with Gasteiger partial charge in [0.25, 0.3) is 10.0 Å². The monoisotopic (exact) mass is 717 g/mol. The fourth-order valence-corrected chi connectivity index (χ4v) is 7.52. The molecule has 1 saturated carbocycles. The van der Waals surface area contributed by atoms with Crippen LogP contribution in [0.15, 0.2) is 119 Å². The van der Waals surface area contributed by atoms with Crippen molar-refractivity contribution in [3.05, 3.63) is 125 Å². The summed E-state index contributed by atoms with van der Waals surface area (Å²) in [4.78, 5) is 30.3. The Labute approximate surface area is 285 Å². The number of rotatable bonds is 14. The number of amides is 2. The van der Waals surface area contributed by atoms with Gasteiger partial charge in [0.15, 0.2) is 0 Å². The number of halogens is 1. The van der Waals surface area contributed by atoms with Gasteiger partial charge in [-0.05, 0) is 79.4 Å². The number of carbonyl (C=O) groups is 2. The highest BCUT2D eigenvalue weighted by Gasteiger charge is 2.35. The molecule has 1 aliphatic rings. The summed E-state index contributed by atoms with van der Waals surface area (Å²) in [5.74, 6) is -0.153. The summed E-state index contributed by atoms with van der Waals surface area (Å²) in [6.07, 6.45) is 4.17. The molecule has 0 spiro atoms. The quantitative estimate of drug-likeness (QED) is 0.156. The van der Waals surface area contributed by atoms with E-state index in [1.165, 1.54) is 17.0 Å². The second-order valence-electron chi connectivity index (χ2n) is 11.6. The van der Waals surface area contributed by atoms with Crippen molar-refractivity contribution in [2.45, 2.75) is 62.6 Å². The number of anilines is 1. The molecule has 4 aromatic rings. The molecule has 246 valence electrons. The maximum Gasteiger partial charge on any atom is 0.264 e. The highest BCUT2D eigenvalue weighted by Crippen LogP contribution is 2.28. The molecule has 0 aliphatic heterocycles. The Kier molecular flexibility index (Phi) is 11.7. The molecule has 0 bridgehead atoms. The number of carbonyl (C=O) groups excluding carboxylic acids is 2. The van der Waals surface area contributed by atoms with Crippen LogP contribution in [0, 0.1) is 0 Å². The second-order valence-corrected chi connectivity index (χ2v) is 14.4. The van der Waals surface area contributed by atoms with Gasteiger partial charge >= 0.3 is 0 Å². The van der Waals surface area contributed by atoms with E-state index in [0.717, 1.165) is 45.6 Å². The molecule has 1 N–H and O–H groups in total. The first-order valence-electron chi connectivity index (χ1n) is 15.9. The van der Waals surface area contributed by atoms with Crippen molar-refractivity contribution < 1.29 is 22.7 Å². The van der Waals surface area contributed by atoms with Gasteiger partial charge in [-0.3, -0.25) is 13.9 Å². The van der Waals surface area contributed by atoms with Gasteiger partial charge in [0.1, 0.15) is 18.3 Å². The highest BCUT2D eigenvalue weighted by atomic mass is 79.9. The molecular weight excluding hydrogens is 678 g/mol. The largest absolute Gasteiger partial charge is 0.494 e. The third-order valence-electron chi connectivity index (χ3n) is 8.28. The van der Waals surface area contributed by atoms with Crippen molar-refractivity contribution in [1.29, 1.82) is 0 Å². The molecule has 1 atom stereocenters. The van der Waals surface area contributed by atoms with Crippen LogP contribution in [0.1, 0.15) is 43.7 Å². The van der Waals surface area contributed by atoms with E-state index in [9.17, 15) is 18.0 Å². The molecule has 10 heteroatoms. The van der Waals surface area contributed by atoms with E-state index in [2.05, 4.69) is 21.2 Å². The molecule has 0 heterocycles. The number of benzene rings is 4. The minimum Gasteiger partial charge on any atom is -0.494 e. The predicted octanol–water partition coefficient (Wildman–Crippen LogP) is 6.74. The zero-order chi connectivity index (χ0) is 33.2. The average Bonchev–Trinajstić information content (AvgIpc) is 3.60. The molecule has 8 nitrogen and oxygen atoms in total. The van der Waals surface area contributed by atoms with Crippen LogP contribution in [0.5, 0.6) is 5.75 Å². The van der Waals surface area contributed by atoms with Gasteiger partial charge in [0.2, 0.25) is 11.8 Å². The minimum absolute atomic E-state index is 0.0387. The lowest BCUT2D eigenvalue weighted by Gasteiger charge is -2.34. The third-order valence-corrected chi connectivity index (χ3v) is 10.6. The zero-order valence-corrected chi connectivity index (χ0v) is 28.8. The molecule has 1 aliphatic carbocycles. The van der Waals surface area contributed by atoms with E-state index in [0.29, 0.717) is 18.0 Å². The first-order valence-corrected chi connectivity index (χ1v) is 18.2. The fourth-order valence-electron chi connectivity index (χ4n) is 5.84. The molecule has 47 heavy (non-hydrogen) atoms. The van der Waals surface area contributed by atoms with Crippen LogP contribution >= 0.6 is 15.9 Å². The minimum atomic E-state index is -4.20. The Bertz CT molecular complexity index is 1710. The number of hydrogen-bond donors (Lipinski definition) is 1. The molecule has 4 aromatic carbocycles. The maximum absolute atomic E-state index is 14.6. The molecular formula is C37H40BrN3O5S. The molecule has 5 rings (SSSR count). The summed E-state index contributed by atoms with van der Waals surface area (Å²) in [6.45, 7) is 1.94. The Morgan fingerprint density at radius 1 is 0.851 bits per heavy atom. The van der Waals surface area contributed by atoms with Gasteiger partial charge in [-0.25, -0.2) is 8.42 Å². The van der Waals surface area contributed by atoms with Crippen molar-refractivity contribution in [3.63, 3.8) is 0 Å². The van der Waals surface area contributed by atoms with E-state index in [1.54, 1.807) is 36.4 Å². The summed E-state index contributed by atoms with van der Waals surface area (Å²) in [5.41, 5.74) is 2.03. The Morgan fingerprint density at radius 2 is 1.45 bits per heavy atom. The van der Waals surface area contributed by atoms with Crippen LogP contribution in [0.3, 0.4) is 0 Å². The van der Waals surface area contributed by atoms with Crippen LogP contribution < -0.4 is 14.4 Å². The van der Waals surface area contributed by atoms with Crippen molar-refractivity contribution >= 4 is 43.5 Å². The van der Waals surface area contributed by atoms with Gasteiger partial charge in [-0.1, -0.05) is 89.4 Å². The van der Waals surface area contributed by atoms with E-state index < -0.39 is 28.5 Å². The lowest BCUT2D eigenvalue weighted by Crippen LogP contribution is -2.54. The normalized spacial score (nSPS) is 13.9. The smallest absolute Gasteiger partial charge is 0.264 e. The molecule has 0 saturated heterocycles. The molecule has 0 aromatic heterocycles. The van der Waals surface area contributed by atoms with Crippen LogP contribution in [0.2, 0.25) is 0 Å². The number of nitrogens with one attached hydrogen (secondary N) is 1. The third kappa shape index (κ3) is 9.02. The number of ether oxygens (including phenoxy) is 1. The van der Waals surface area contributed by atoms with Gasteiger partial charge < -0.3 is 15.0 Å². The van der Waals surface area contributed by atoms with Gasteiger partial charge in [0, 0.05) is 23.5 Å². The highest BCUT2D eigenvalue weighted by molar-refractivity contribution is 9.10. The van der Waals surface area contributed by atoms with Crippen LogP contribution in [-0.4, -0.2) is 50.4 Å². The number of nitrogens with zero attached hydrogens (tertiary/aromatic N) is 2. The Balaban J connectivity index is 1.55. The van der Waals surface area contributed by atoms with Crippen LogP contribution in [-0.2, 0) is 32.6 Å². The summed E-state index contributed by atoms with van der Waals surface area (Å²) in [7, 11) is -4.20. The van der Waals surface area contributed by atoms with Crippen molar-refractivity contribution in [3.8, 4) is 5.75 Å². The van der Waals surface area contributed by atoms with Crippen LogP contribution in [0.4, 0.5) is 5.69 Å². The van der Waals surface area contributed by atoms with E-state index in [-0.39, 0.29) is 29.8 Å².